The zero-order valence-corrected chi connectivity index (χ0v) is 8.98. The van der Waals surface area contributed by atoms with E-state index in [2.05, 4.69) is 21.3 Å². The van der Waals surface area contributed by atoms with Crippen molar-refractivity contribution in [3.63, 3.8) is 0 Å². The van der Waals surface area contributed by atoms with Crippen molar-refractivity contribution in [1.29, 1.82) is 0 Å². The number of pyridine rings is 1. The number of aliphatic hydroxyl groups is 1. The van der Waals surface area contributed by atoms with Gasteiger partial charge in [-0.15, -0.1) is 0 Å². The first-order valence-electron chi connectivity index (χ1n) is 5.36. The Labute approximate surface area is 89.9 Å². The summed E-state index contributed by atoms with van der Waals surface area (Å²) in [4.78, 5) is 6.54. The van der Waals surface area contributed by atoms with Crippen LogP contribution in [0.2, 0.25) is 0 Å². The third kappa shape index (κ3) is 2.39. The fraction of sp³-hybridized carbons (Fsp3) is 0.545. The number of hydrogen-bond acceptors (Lipinski definition) is 4. The van der Waals surface area contributed by atoms with E-state index >= 15 is 0 Å². The quantitative estimate of drug-likeness (QED) is 0.762. The molecule has 0 saturated carbocycles. The van der Waals surface area contributed by atoms with Crippen molar-refractivity contribution >= 4 is 11.5 Å². The highest BCUT2D eigenvalue weighted by molar-refractivity contribution is 5.49. The average Bonchev–Trinajstić information content (AvgIpc) is 2.30. The van der Waals surface area contributed by atoms with Gasteiger partial charge < -0.3 is 15.3 Å². The first-order chi connectivity index (χ1) is 7.29. The molecule has 2 rings (SSSR count). The van der Waals surface area contributed by atoms with Gasteiger partial charge in [-0.3, -0.25) is 0 Å². The van der Waals surface area contributed by atoms with Crippen molar-refractivity contribution in [1.82, 2.24) is 4.98 Å². The summed E-state index contributed by atoms with van der Waals surface area (Å²) in [6.45, 7) is 1.84. The molecule has 0 bridgehead atoms. The smallest absolute Gasteiger partial charge is 0.125 e. The van der Waals surface area contributed by atoms with Crippen LogP contribution in [-0.4, -0.2) is 36.3 Å². The molecule has 2 N–H and O–H groups in total. The van der Waals surface area contributed by atoms with Crippen molar-refractivity contribution in [2.24, 2.45) is 0 Å². The van der Waals surface area contributed by atoms with E-state index in [0.29, 0.717) is 0 Å². The Morgan fingerprint density at radius 3 is 2.67 bits per heavy atom. The Balaban J connectivity index is 2.03. The van der Waals surface area contributed by atoms with E-state index in [1.54, 1.807) is 0 Å². The third-order valence-corrected chi connectivity index (χ3v) is 2.83. The summed E-state index contributed by atoms with van der Waals surface area (Å²) in [7, 11) is 1.86. The summed E-state index contributed by atoms with van der Waals surface area (Å²) in [6, 6.07) is 4.04. The second-order valence-corrected chi connectivity index (χ2v) is 3.87. The fourth-order valence-corrected chi connectivity index (χ4v) is 1.85. The largest absolute Gasteiger partial charge is 0.393 e. The van der Waals surface area contributed by atoms with Gasteiger partial charge in [0.2, 0.25) is 0 Å². The van der Waals surface area contributed by atoms with Gasteiger partial charge in [0.25, 0.3) is 0 Å². The standard InChI is InChI=1S/C11H17N3O/c1-12-11-3-2-9(8-13-11)14-6-4-10(15)5-7-14/h2-3,8,10,15H,4-7H2,1H3,(H,12,13). The van der Waals surface area contributed by atoms with Crippen LogP contribution in [-0.2, 0) is 0 Å². The van der Waals surface area contributed by atoms with Gasteiger partial charge in [0.05, 0.1) is 18.0 Å². The van der Waals surface area contributed by atoms with Crippen LogP contribution in [0.1, 0.15) is 12.8 Å². The highest BCUT2D eigenvalue weighted by Gasteiger charge is 2.17. The van der Waals surface area contributed by atoms with Gasteiger partial charge >= 0.3 is 0 Å². The number of piperidine rings is 1. The predicted octanol–water partition coefficient (Wildman–Crippen LogP) is 1.08. The van der Waals surface area contributed by atoms with Crippen LogP contribution in [0, 0.1) is 0 Å². The molecule has 0 radical (unpaired) electrons. The maximum atomic E-state index is 9.40. The van der Waals surface area contributed by atoms with Gasteiger partial charge in [0.1, 0.15) is 5.82 Å². The molecule has 0 spiro atoms. The molecule has 1 aliphatic rings. The SMILES string of the molecule is CNc1ccc(N2CCC(O)CC2)cn1. The minimum absolute atomic E-state index is 0.120. The van der Waals surface area contributed by atoms with Crippen LogP contribution >= 0.6 is 0 Å². The first kappa shape index (κ1) is 10.2. The summed E-state index contributed by atoms with van der Waals surface area (Å²) < 4.78 is 0. The van der Waals surface area contributed by atoms with E-state index < -0.39 is 0 Å². The van der Waals surface area contributed by atoms with E-state index in [4.69, 9.17) is 0 Å². The number of nitrogens with one attached hydrogen (secondary N) is 1. The average molecular weight is 207 g/mol. The molecule has 4 nitrogen and oxygen atoms in total. The molecule has 0 unspecified atom stereocenters. The summed E-state index contributed by atoms with van der Waals surface area (Å²) >= 11 is 0. The van der Waals surface area contributed by atoms with E-state index in [0.717, 1.165) is 37.4 Å². The van der Waals surface area contributed by atoms with Gasteiger partial charge in [-0.2, -0.15) is 0 Å². The molecule has 1 aromatic heterocycles. The van der Waals surface area contributed by atoms with Crippen LogP contribution in [0.15, 0.2) is 18.3 Å². The lowest BCUT2D eigenvalue weighted by Crippen LogP contribution is -2.35. The number of aliphatic hydroxyl groups excluding tert-OH is 1. The van der Waals surface area contributed by atoms with Crippen LogP contribution in [0.3, 0.4) is 0 Å². The van der Waals surface area contributed by atoms with Gasteiger partial charge in [-0.05, 0) is 25.0 Å². The van der Waals surface area contributed by atoms with Crippen LogP contribution in [0.4, 0.5) is 11.5 Å². The van der Waals surface area contributed by atoms with Gasteiger partial charge in [0.15, 0.2) is 0 Å². The Bertz CT molecular complexity index is 304. The number of rotatable bonds is 2. The Kier molecular flexibility index (Phi) is 3.06. The molecule has 0 amide bonds. The van der Waals surface area contributed by atoms with Gasteiger partial charge in [-0.1, -0.05) is 0 Å². The van der Waals surface area contributed by atoms with Crippen LogP contribution < -0.4 is 10.2 Å². The van der Waals surface area contributed by atoms with Crippen molar-refractivity contribution in [3.05, 3.63) is 18.3 Å². The minimum Gasteiger partial charge on any atom is -0.393 e. The van der Waals surface area contributed by atoms with E-state index in [1.807, 2.05) is 19.3 Å². The van der Waals surface area contributed by atoms with Gasteiger partial charge in [0, 0.05) is 20.1 Å². The monoisotopic (exact) mass is 207 g/mol. The molecular weight excluding hydrogens is 190 g/mol. The molecule has 1 aliphatic heterocycles. The first-order valence-corrected chi connectivity index (χ1v) is 5.36. The molecular formula is C11H17N3O. The van der Waals surface area contributed by atoms with E-state index in [-0.39, 0.29) is 6.10 Å². The molecule has 0 atom stereocenters. The van der Waals surface area contributed by atoms with Crippen molar-refractivity contribution in [2.75, 3.05) is 30.4 Å². The lowest BCUT2D eigenvalue weighted by Gasteiger charge is -2.31. The maximum absolute atomic E-state index is 9.40. The van der Waals surface area contributed by atoms with Crippen molar-refractivity contribution in [3.8, 4) is 0 Å². The molecule has 0 aromatic carbocycles. The highest BCUT2D eigenvalue weighted by atomic mass is 16.3. The molecule has 1 saturated heterocycles. The molecule has 2 heterocycles. The maximum Gasteiger partial charge on any atom is 0.125 e. The Morgan fingerprint density at radius 2 is 2.13 bits per heavy atom. The third-order valence-electron chi connectivity index (χ3n) is 2.83. The lowest BCUT2D eigenvalue weighted by atomic mass is 10.1. The number of aromatic nitrogens is 1. The second kappa shape index (κ2) is 4.49. The molecule has 0 aliphatic carbocycles. The predicted molar refractivity (Wildman–Crippen MR) is 61.2 cm³/mol. The van der Waals surface area contributed by atoms with E-state index in [9.17, 15) is 5.11 Å². The molecule has 15 heavy (non-hydrogen) atoms. The van der Waals surface area contributed by atoms with E-state index in [1.165, 1.54) is 0 Å². The summed E-state index contributed by atoms with van der Waals surface area (Å²) in [5, 5.41) is 12.4. The zero-order chi connectivity index (χ0) is 10.7. The topological polar surface area (TPSA) is 48.4 Å². The number of hydrogen-bond donors (Lipinski definition) is 2. The molecule has 82 valence electrons. The Morgan fingerprint density at radius 1 is 1.40 bits per heavy atom. The minimum atomic E-state index is -0.120. The molecule has 1 fully saturated rings. The van der Waals surface area contributed by atoms with Crippen LogP contribution in [0.25, 0.3) is 0 Å². The van der Waals surface area contributed by atoms with Crippen molar-refractivity contribution in [2.45, 2.75) is 18.9 Å². The second-order valence-electron chi connectivity index (χ2n) is 3.87. The Hall–Kier alpha value is -1.29. The molecule has 4 heteroatoms. The highest BCUT2D eigenvalue weighted by Crippen LogP contribution is 2.19. The summed E-state index contributed by atoms with van der Waals surface area (Å²) in [5.74, 6) is 0.885. The fourth-order valence-electron chi connectivity index (χ4n) is 1.85. The summed E-state index contributed by atoms with van der Waals surface area (Å²) in [5.41, 5.74) is 1.14. The molecule has 1 aromatic rings. The number of nitrogens with zero attached hydrogens (tertiary/aromatic N) is 2. The summed E-state index contributed by atoms with van der Waals surface area (Å²) in [6.07, 6.45) is 3.47. The lowest BCUT2D eigenvalue weighted by molar-refractivity contribution is 0.145. The number of anilines is 2. The van der Waals surface area contributed by atoms with Crippen molar-refractivity contribution < 1.29 is 5.11 Å². The van der Waals surface area contributed by atoms with Gasteiger partial charge in [-0.25, -0.2) is 4.98 Å². The normalized spacial score (nSPS) is 17.9. The van der Waals surface area contributed by atoms with Crippen LogP contribution in [0.5, 0.6) is 0 Å². The zero-order valence-electron chi connectivity index (χ0n) is 8.98.